The van der Waals surface area contributed by atoms with Gasteiger partial charge in [-0.05, 0) is 32.4 Å². The van der Waals surface area contributed by atoms with Gasteiger partial charge < -0.3 is 9.64 Å². The maximum Gasteiger partial charge on any atom is 0.275 e. The summed E-state index contributed by atoms with van der Waals surface area (Å²) >= 11 is 0. The molecule has 2 atom stereocenters. The molecule has 1 aromatic heterocycles. The van der Waals surface area contributed by atoms with Gasteiger partial charge in [0.05, 0.1) is 31.0 Å². The van der Waals surface area contributed by atoms with E-state index in [4.69, 9.17) is 4.74 Å². The molecule has 3 rings (SSSR count). The van der Waals surface area contributed by atoms with Gasteiger partial charge >= 0.3 is 0 Å². The van der Waals surface area contributed by atoms with Gasteiger partial charge in [0.2, 0.25) is 0 Å². The number of ether oxygens (including phenoxy) is 1. The molecule has 0 N–H and O–H groups in total. The lowest BCUT2D eigenvalue weighted by Gasteiger charge is -2.38. The number of hydrogen-bond donors (Lipinski definition) is 0. The molecule has 0 radical (unpaired) electrons. The molecule has 0 aliphatic carbocycles. The first-order chi connectivity index (χ1) is 11.0. The minimum absolute atomic E-state index is 0.0257. The van der Waals surface area contributed by atoms with Crippen LogP contribution < -0.4 is 0 Å². The van der Waals surface area contributed by atoms with Gasteiger partial charge in [-0.3, -0.25) is 9.48 Å². The van der Waals surface area contributed by atoms with Crippen LogP contribution in [-0.4, -0.2) is 45.9 Å². The van der Waals surface area contributed by atoms with Crippen molar-refractivity contribution in [3.63, 3.8) is 0 Å². The standard InChI is InChI=1S/C18H23N3O2/c1-12-5-7-15(8-6-12)17-9-16(19-20(17)4)18(22)21-13(2)10-23-11-14(21)3/h5-9,13-14H,10-11H2,1-4H3. The topological polar surface area (TPSA) is 47.4 Å². The smallest absolute Gasteiger partial charge is 0.275 e. The van der Waals surface area contributed by atoms with Crippen LogP contribution in [0.4, 0.5) is 0 Å². The zero-order valence-corrected chi connectivity index (χ0v) is 14.1. The Morgan fingerprint density at radius 3 is 2.39 bits per heavy atom. The maximum atomic E-state index is 12.9. The quantitative estimate of drug-likeness (QED) is 0.856. The van der Waals surface area contributed by atoms with Crippen molar-refractivity contribution in [1.29, 1.82) is 0 Å². The molecule has 1 saturated heterocycles. The van der Waals surface area contributed by atoms with E-state index in [0.717, 1.165) is 11.3 Å². The van der Waals surface area contributed by atoms with Crippen molar-refractivity contribution in [3.05, 3.63) is 41.6 Å². The third-order valence-corrected chi connectivity index (χ3v) is 4.35. The van der Waals surface area contributed by atoms with Crippen molar-refractivity contribution >= 4 is 5.91 Å². The zero-order valence-electron chi connectivity index (χ0n) is 14.1. The van der Waals surface area contributed by atoms with E-state index in [2.05, 4.69) is 36.3 Å². The van der Waals surface area contributed by atoms with Gasteiger partial charge in [-0.15, -0.1) is 0 Å². The van der Waals surface area contributed by atoms with Crippen LogP contribution in [0, 0.1) is 6.92 Å². The van der Waals surface area contributed by atoms with E-state index in [-0.39, 0.29) is 18.0 Å². The molecule has 23 heavy (non-hydrogen) atoms. The summed E-state index contributed by atoms with van der Waals surface area (Å²) in [5.41, 5.74) is 3.71. The molecule has 5 nitrogen and oxygen atoms in total. The molecular formula is C18H23N3O2. The number of morpholine rings is 1. The highest BCUT2D eigenvalue weighted by atomic mass is 16.5. The van der Waals surface area contributed by atoms with Crippen LogP contribution in [0.3, 0.4) is 0 Å². The molecule has 0 spiro atoms. The average Bonchev–Trinajstić information content (AvgIpc) is 2.90. The lowest BCUT2D eigenvalue weighted by Crippen LogP contribution is -2.52. The van der Waals surface area contributed by atoms with Crippen LogP contribution in [0.5, 0.6) is 0 Å². The second-order valence-corrected chi connectivity index (χ2v) is 6.35. The Labute approximate surface area is 136 Å². The van der Waals surface area contributed by atoms with Crippen molar-refractivity contribution in [3.8, 4) is 11.3 Å². The first kappa shape index (κ1) is 15.7. The molecule has 1 aromatic carbocycles. The summed E-state index contributed by atoms with van der Waals surface area (Å²) < 4.78 is 7.27. The lowest BCUT2D eigenvalue weighted by molar-refractivity contribution is -0.0252. The predicted molar refractivity (Wildman–Crippen MR) is 89.3 cm³/mol. The van der Waals surface area contributed by atoms with E-state index in [9.17, 15) is 4.79 Å². The highest BCUT2D eigenvalue weighted by Crippen LogP contribution is 2.23. The Morgan fingerprint density at radius 2 is 1.78 bits per heavy atom. The zero-order chi connectivity index (χ0) is 16.6. The largest absolute Gasteiger partial charge is 0.377 e. The molecule has 1 fully saturated rings. The summed E-state index contributed by atoms with van der Waals surface area (Å²) in [6, 6.07) is 10.3. The van der Waals surface area contributed by atoms with Crippen LogP contribution >= 0.6 is 0 Å². The van der Waals surface area contributed by atoms with E-state index < -0.39 is 0 Å². The van der Waals surface area contributed by atoms with E-state index in [0.29, 0.717) is 18.9 Å². The Balaban J connectivity index is 1.90. The predicted octanol–water partition coefficient (Wildman–Crippen LogP) is 2.64. The summed E-state index contributed by atoms with van der Waals surface area (Å²) in [6.45, 7) is 7.24. The Morgan fingerprint density at radius 1 is 1.17 bits per heavy atom. The number of carbonyl (C=O) groups excluding carboxylic acids is 1. The summed E-state index contributed by atoms with van der Waals surface area (Å²) in [5.74, 6) is -0.0257. The maximum absolute atomic E-state index is 12.9. The van der Waals surface area contributed by atoms with Crippen molar-refractivity contribution in [2.24, 2.45) is 7.05 Å². The SMILES string of the molecule is Cc1ccc(-c2cc(C(=O)N3C(C)COCC3C)nn2C)cc1. The Bertz CT molecular complexity index is 696. The number of nitrogens with zero attached hydrogens (tertiary/aromatic N) is 3. The second kappa shape index (κ2) is 6.16. The van der Waals surface area contributed by atoms with Crippen LogP contribution in [0.15, 0.2) is 30.3 Å². The summed E-state index contributed by atoms with van der Waals surface area (Å²) in [6.07, 6.45) is 0. The van der Waals surface area contributed by atoms with Gasteiger partial charge in [0.15, 0.2) is 5.69 Å². The number of rotatable bonds is 2. The van der Waals surface area contributed by atoms with Gasteiger partial charge in [0, 0.05) is 7.05 Å². The van der Waals surface area contributed by atoms with Crippen molar-refractivity contribution < 1.29 is 9.53 Å². The number of amides is 1. The molecule has 5 heteroatoms. The number of benzene rings is 1. The van der Waals surface area contributed by atoms with Crippen molar-refractivity contribution in [2.45, 2.75) is 32.9 Å². The molecule has 0 saturated carbocycles. The molecule has 1 aliphatic rings. The molecule has 0 bridgehead atoms. The Kier molecular flexibility index (Phi) is 4.22. The van der Waals surface area contributed by atoms with Crippen LogP contribution in [-0.2, 0) is 11.8 Å². The average molecular weight is 313 g/mol. The molecule has 2 unspecified atom stereocenters. The third-order valence-electron chi connectivity index (χ3n) is 4.35. The molecular weight excluding hydrogens is 290 g/mol. The molecule has 2 heterocycles. The minimum Gasteiger partial charge on any atom is -0.377 e. The molecule has 122 valence electrons. The van der Waals surface area contributed by atoms with E-state index in [1.54, 1.807) is 4.68 Å². The van der Waals surface area contributed by atoms with Crippen LogP contribution in [0.25, 0.3) is 11.3 Å². The third kappa shape index (κ3) is 3.01. The first-order valence-corrected chi connectivity index (χ1v) is 7.99. The fourth-order valence-corrected chi connectivity index (χ4v) is 3.10. The minimum atomic E-state index is -0.0257. The van der Waals surface area contributed by atoms with E-state index in [1.807, 2.05) is 31.9 Å². The molecule has 2 aromatic rings. The van der Waals surface area contributed by atoms with Crippen LogP contribution in [0.2, 0.25) is 0 Å². The number of aromatic nitrogens is 2. The normalized spacial score (nSPS) is 21.5. The van der Waals surface area contributed by atoms with Gasteiger partial charge in [0.1, 0.15) is 0 Å². The van der Waals surface area contributed by atoms with Gasteiger partial charge in [0.25, 0.3) is 5.91 Å². The number of hydrogen-bond acceptors (Lipinski definition) is 3. The van der Waals surface area contributed by atoms with Crippen molar-refractivity contribution in [2.75, 3.05) is 13.2 Å². The lowest BCUT2D eigenvalue weighted by atomic mass is 10.1. The van der Waals surface area contributed by atoms with Gasteiger partial charge in [-0.25, -0.2) is 0 Å². The summed E-state index contributed by atoms with van der Waals surface area (Å²) in [4.78, 5) is 14.7. The monoisotopic (exact) mass is 313 g/mol. The van der Waals surface area contributed by atoms with E-state index >= 15 is 0 Å². The highest BCUT2D eigenvalue weighted by Gasteiger charge is 2.31. The van der Waals surface area contributed by atoms with Gasteiger partial charge in [-0.1, -0.05) is 29.8 Å². The summed E-state index contributed by atoms with van der Waals surface area (Å²) in [7, 11) is 1.87. The number of aryl methyl sites for hydroxylation is 2. The molecule has 1 aliphatic heterocycles. The van der Waals surface area contributed by atoms with Gasteiger partial charge in [-0.2, -0.15) is 5.10 Å². The fourth-order valence-electron chi connectivity index (χ4n) is 3.10. The molecule has 1 amide bonds. The van der Waals surface area contributed by atoms with Crippen molar-refractivity contribution in [1.82, 2.24) is 14.7 Å². The number of carbonyl (C=O) groups is 1. The fraction of sp³-hybridized carbons (Fsp3) is 0.444. The van der Waals surface area contributed by atoms with E-state index in [1.165, 1.54) is 5.56 Å². The van der Waals surface area contributed by atoms with Crippen LogP contribution in [0.1, 0.15) is 29.9 Å². The first-order valence-electron chi connectivity index (χ1n) is 7.99. The Hall–Kier alpha value is -2.14. The highest BCUT2D eigenvalue weighted by molar-refractivity contribution is 5.94. The summed E-state index contributed by atoms with van der Waals surface area (Å²) in [5, 5.41) is 4.44. The second-order valence-electron chi connectivity index (χ2n) is 6.35.